The van der Waals surface area contributed by atoms with Crippen LogP contribution in [-0.4, -0.2) is 13.2 Å². The van der Waals surface area contributed by atoms with Gasteiger partial charge in [0.15, 0.2) is 0 Å². The number of hydrogen-bond acceptors (Lipinski definition) is 2. The van der Waals surface area contributed by atoms with Gasteiger partial charge in [-0.1, -0.05) is 37.3 Å². The third-order valence-electron chi connectivity index (χ3n) is 2.52. The topological polar surface area (TPSA) is 58.0 Å². The monoisotopic (exact) mass is 287 g/mol. The van der Waals surface area contributed by atoms with Crippen molar-refractivity contribution in [1.29, 1.82) is 0 Å². The summed E-state index contributed by atoms with van der Waals surface area (Å²) in [4.78, 5) is 2.74. The number of allylic oxidation sites excluding steroid dienone is 3. The number of azide groups is 1. The molecule has 0 saturated heterocycles. The Balaban J connectivity index is 3.72. The van der Waals surface area contributed by atoms with Gasteiger partial charge in [0.25, 0.3) is 0 Å². The summed E-state index contributed by atoms with van der Waals surface area (Å²) in [5.41, 5.74) is 10.9. The van der Waals surface area contributed by atoms with E-state index in [9.17, 15) is 0 Å². The number of nitrogens with zero attached hydrogens (tertiary/aromatic N) is 3. The van der Waals surface area contributed by atoms with Gasteiger partial charge in [0.05, 0.1) is 6.61 Å². The molecule has 0 aliphatic heterocycles. The number of rotatable bonds is 10. The smallest absolute Gasteiger partial charge is 0.0693 e. The van der Waals surface area contributed by atoms with E-state index in [-0.39, 0.29) is 0 Å². The first kappa shape index (κ1) is 17.6. The zero-order valence-electron chi connectivity index (χ0n) is 11.2. The molecule has 0 bridgehead atoms. The second-order valence-electron chi connectivity index (χ2n) is 4.13. The van der Waals surface area contributed by atoms with Crippen LogP contribution in [-0.2, 0) is 4.52 Å². The molecule has 2 atom stereocenters. The van der Waals surface area contributed by atoms with E-state index in [0.29, 0.717) is 21.6 Å². The van der Waals surface area contributed by atoms with Crippen LogP contribution in [0.3, 0.4) is 0 Å². The van der Waals surface area contributed by atoms with Crippen molar-refractivity contribution in [3.8, 4) is 0 Å². The molecule has 6 heteroatoms. The molecule has 2 unspecified atom stereocenters. The summed E-state index contributed by atoms with van der Waals surface area (Å²) in [7, 11) is 3.05. The molecule has 0 heterocycles. The van der Waals surface area contributed by atoms with Crippen LogP contribution in [0.15, 0.2) is 28.4 Å². The van der Waals surface area contributed by atoms with Gasteiger partial charge in [0.1, 0.15) is 0 Å². The Morgan fingerprint density at radius 2 is 2.06 bits per heavy atom. The molecule has 102 valence electrons. The third-order valence-corrected chi connectivity index (χ3v) is 3.36. The van der Waals surface area contributed by atoms with Crippen molar-refractivity contribution in [2.75, 3.05) is 13.2 Å². The van der Waals surface area contributed by atoms with Gasteiger partial charge in [-0.3, -0.25) is 0 Å². The highest BCUT2D eigenvalue weighted by Crippen LogP contribution is 2.21. The molecule has 0 aromatic carbocycles. The maximum absolute atomic E-state index is 8.15. The van der Waals surface area contributed by atoms with Crippen molar-refractivity contribution < 1.29 is 4.52 Å². The molecule has 4 nitrogen and oxygen atoms in total. The Bertz CT molecular complexity index is 323. The molecule has 0 spiro atoms. The van der Waals surface area contributed by atoms with Gasteiger partial charge >= 0.3 is 0 Å². The highest BCUT2D eigenvalue weighted by molar-refractivity contribution is 8.00. The summed E-state index contributed by atoms with van der Waals surface area (Å²) in [5, 5.41) is 3.52. The lowest BCUT2D eigenvalue weighted by Gasteiger charge is -2.01. The fourth-order valence-electron chi connectivity index (χ4n) is 1.46. The van der Waals surface area contributed by atoms with Gasteiger partial charge in [-0.2, -0.15) is 0 Å². The van der Waals surface area contributed by atoms with Crippen molar-refractivity contribution in [2.24, 2.45) is 5.11 Å². The second kappa shape index (κ2) is 13.1. The molecule has 0 aliphatic rings. The van der Waals surface area contributed by atoms with Crippen molar-refractivity contribution in [3.63, 3.8) is 0 Å². The van der Waals surface area contributed by atoms with Crippen LogP contribution < -0.4 is 0 Å². The van der Waals surface area contributed by atoms with E-state index in [1.807, 2.05) is 0 Å². The zero-order chi connectivity index (χ0) is 13.6. The van der Waals surface area contributed by atoms with Gasteiger partial charge in [-0.05, 0) is 45.1 Å². The van der Waals surface area contributed by atoms with E-state index in [0.717, 1.165) is 25.7 Å². The fourth-order valence-corrected chi connectivity index (χ4v) is 1.92. The highest BCUT2D eigenvalue weighted by Gasteiger charge is 1.92. The average Bonchev–Trinajstić information content (AvgIpc) is 2.35. The fraction of sp³-hybridized carbons (Fsp3) is 0.667. The molecule has 0 aliphatic carbocycles. The third kappa shape index (κ3) is 12.1. The maximum atomic E-state index is 8.15. The molecule has 0 N–H and O–H groups in total. The molecule has 0 aromatic rings. The zero-order valence-corrected chi connectivity index (χ0v) is 13.4. The predicted molar refractivity (Wildman–Crippen MR) is 84.0 cm³/mol. The lowest BCUT2D eigenvalue weighted by Crippen LogP contribution is -1.85. The van der Waals surface area contributed by atoms with E-state index < -0.39 is 0 Å². The minimum absolute atomic E-state index is 0.481. The number of hydrogen-bond donors (Lipinski definition) is 0. The Morgan fingerprint density at radius 3 is 2.72 bits per heavy atom. The van der Waals surface area contributed by atoms with Crippen molar-refractivity contribution in [2.45, 2.75) is 39.5 Å². The van der Waals surface area contributed by atoms with Crippen LogP contribution in [0.4, 0.5) is 0 Å². The van der Waals surface area contributed by atoms with Gasteiger partial charge in [0, 0.05) is 20.0 Å². The molecule has 0 aromatic heterocycles. The van der Waals surface area contributed by atoms with Crippen molar-refractivity contribution >= 4 is 17.4 Å². The first-order chi connectivity index (χ1) is 8.70. The van der Waals surface area contributed by atoms with E-state index in [4.69, 9.17) is 10.1 Å². The van der Waals surface area contributed by atoms with Crippen LogP contribution in [0.1, 0.15) is 39.5 Å². The molecular weight excluding hydrogens is 264 g/mol. The maximum Gasteiger partial charge on any atom is 0.0693 e. The molecule has 0 radical (unpaired) electrons. The summed E-state index contributed by atoms with van der Waals surface area (Å²) in [6, 6.07) is 0. The SMILES string of the molecule is C/C(=C\COPP)CC/C=C(\C)CCCN=[N+]=[N-]. The van der Waals surface area contributed by atoms with Crippen LogP contribution in [0, 0.1) is 0 Å². The molecule has 0 saturated carbocycles. The first-order valence-electron chi connectivity index (χ1n) is 6.10. The van der Waals surface area contributed by atoms with Crippen LogP contribution in [0.5, 0.6) is 0 Å². The standard InChI is InChI=1S/C12H23N3OP2/c1-11(7-4-9-14-15-13)5-3-6-12(2)8-10-16-18-17/h5,8,18H,3-4,6-7,9-10,17H2,1-2H3/b11-5+,12-8+. The minimum Gasteiger partial charge on any atom is -0.354 e. The summed E-state index contributed by atoms with van der Waals surface area (Å²) in [5.74, 6) is 0. The van der Waals surface area contributed by atoms with E-state index in [1.54, 1.807) is 0 Å². The van der Waals surface area contributed by atoms with E-state index in [1.165, 1.54) is 11.1 Å². The van der Waals surface area contributed by atoms with Crippen LogP contribution >= 0.6 is 17.4 Å². The Labute approximate surface area is 114 Å². The highest BCUT2D eigenvalue weighted by atomic mass is 32.0. The van der Waals surface area contributed by atoms with E-state index >= 15 is 0 Å². The molecule has 0 fully saturated rings. The van der Waals surface area contributed by atoms with Gasteiger partial charge in [0.2, 0.25) is 0 Å². The molecule has 0 rings (SSSR count). The molecular formula is C12H23N3OP2. The van der Waals surface area contributed by atoms with Gasteiger partial charge in [-0.15, -0.1) is 0 Å². The second-order valence-corrected chi connectivity index (χ2v) is 5.36. The Hall–Kier alpha value is -0.390. The largest absolute Gasteiger partial charge is 0.354 e. The minimum atomic E-state index is 0.481. The summed E-state index contributed by atoms with van der Waals surface area (Å²) < 4.78 is 5.27. The average molecular weight is 287 g/mol. The lowest BCUT2D eigenvalue weighted by atomic mass is 10.1. The van der Waals surface area contributed by atoms with Crippen LogP contribution in [0.2, 0.25) is 0 Å². The normalized spacial score (nSPS) is 13.1. The van der Waals surface area contributed by atoms with Gasteiger partial charge < -0.3 is 4.52 Å². The Morgan fingerprint density at radius 1 is 1.33 bits per heavy atom. The quantitative estimate of drug-likeness (QED) is 0.137. The lowest BCUT2D eigenvalue weighted by molar-refractivity contribution is 0.422. The predicted octanol–water partition coefficient (Wildman–Crippen LogP) is 5.15. The molecule has 18 heavy (non-hydrogen) atoms. The van der Waals surface area contributed by atoms with Gasteiger partial charge in [-0.25, -0.2) is 0 Å². The van der Waals surface area contributed by atoms with E-state index in [2.05, 4.69) is 45.0 Å². The summed E-state index contributed by atoms with van der Waals surface area (Å²) in [6.07, 6.45) is 8.51. The first-order valence-corrected chi connectivity index (χ1v) is 8.82. The van der Waals surface area contributed by atoms with Crippen molar-refractivity contribution in [3.05, 3.63) is 33.7 Å². The Kier molecular flexibility index (Phi) is 12.8. The van der Waals surface area contributed by atoms with Crippen molar-refractivity contribution in [1.82, 2.24) is 0 Å². The van der Waals surface area contributed by atoms with Crippen LogP contribution in [0.25, 0.3) is 10.4 Å². The molecule has 0 amide bonds. The summed E-state index contributed by atoms with van der Waals surface area (Å²) >= 11 is 0. The summed E-state index contributed by atoms with van der Waals surface area (Å²) in [6.45, 7) is 5.57.